The predicted molar refractivity (Wildman–Crippen MR) is 116 cm³/mol. The van der Waals surface area contributed by atoms with Crippen LogP contribution in [0.1, 0.15) is 30.0 Å². The highest BCUT2D eigenvalue weighted by Gasteiger charge is 2.19. The van der Waals surface area contributed by atoms with Crippen molar-refractivity contribution in [3.05, 3.63) is 99.1 Å². The van der Waals surface area contributed by atoms with Crippen LogP contribution in [0, 0.1) is 28.7 Å². The van der Waals surface area contributed by atoms with Crippen molar-refractivity contribution in [1.82, 2.24) is 0 Å². The molecule has 7 heteroatoms. The quantitative estimate of drug-likeness (QED) is 0.303. The Balaban J connectivity index is 1.94. The van der Waals surface area contributed by atoms with Gasteiger partial charge >= 0.3 is 0 Å². The normalized spacial score (nSPS) is 10.7. The van der Waals surface area contributed by atoms with Crippen molar-refractivity contribution in [2.75, 3.05) is 11.5 Å². The highest BCUT2D eigenvalue weighted by atomic mass is 19.1. The van der Waals surface area contributed by atoms with Crippen LogP contribution in [0.5, 0.6) is 5.75 Å². The molecule has 0 fully saturated rings. The zero-order valence-corrected chi connectivity index (χ0v) is 17.5. The molecule has 31 heavy (non-hydrogen) atoms. The van der Waals surface area contributed by atoms with Crippen LogP contribution in [0.2, 0.25) is 0 Å². The first kappa shape index (κ1) is 22.2. The minimum Gasteiger partial charge on any atom is -0.494 e. The minimum atomic E-state index is -0.656. The van der Waals surface area contributed by atoms with Gasteiger partial charge in [-0.1, -0.05) is 31.2 Å². The molecule has 0 radical (unpaired) electrons. The second-order valence-corrected chi connectivity index (χ2v) is 7.26. The molecule has 3 aromatic carbocycles. The first-order chi connectivity index (χ1) is 14.9. The van der Waals surface area contributed by atoms with Crippen molar-refractivity contribution in [3.63, 3.8) is 0 Å². The summed E-state index contributed by atoms with van der Waals surface area (Å²) >= 11 is 0. The van der Waals surface area contributed by atoms with Crippen LogP contribution >= 0.6 is 0 Å². The maximum Gasteiger partial charge on any atom is 0.274 e. The van der Waals surface area contributed by atoms with E-state index in [2.05, 4.69) is 0 Å². The third-order valence-electron chi connectivity index (χ3n) is 4.96. The number of nitro benzene ring substituents is 1. The largest absolute Gasteiger partial charge is 0.494 e. The van der Waals surface area contributed by atoms with E-state index in [1.807, 2.05) is 36.1 Å². The summed E-state index contributed by atoms with van der Waals surface area (Å²) in [6.07, 6.45) is 0.908. The van der Waals surface area contributed by atoms with Gasteiger partial charge in [-0.3, -0.25) is 10.1 Å². The second kappa shape index (κ2) is 10.0. The molecule has 3 rings (SSSR count). The lowest BCUT2D eigenvalue weighted by Gasteiger charge is -2.27. The highest BCUT2D eigenvalue weighted by molar-refractivity contribution is 5.62. The lowest BCUT2D eigenvalue weighted by molar-refractivity contribution is -0.385. The first-order valence-corrected chi connectivity index (χ1v) is 10.0. The summed E-state index contributed by atoms with van der Waals surface area (Å²) in [6, 6.07) is 15.8. The lowest BCUT2D eigenvalue weighted by atomic mass is 10.1. The fourth-order valence-electron chi connectivity index (χ4n) is 3.37. The summed E-state index contributed by atoms with van der Waals surface area (Å²) < 4.78 is 33.3. The summed E-state index contributed by atoms with van der Waals surface area (Å²) in [5, 5.41) is 11.4. The maximum absolute atomic E-state index is 14.4. The van der Waals surface area contributed by atoms with Gasteiger partial charge in [0.05, 0.1) is 17.1 Å². The molecule has 5 nitrogen and oxygen atoms in total. The summed E-state index contributed by atoms with van der Waals surface area (Å²) in [4.78, 5) is 12.8. The number of nitrogens with zero attached hydrogens (tertiary/aromatic N) is 2. The molecule has 0 aliphatic rings. The number of halogens is 2. The SMILES string of the molecule is CCCOc1ccc(CN(Cc2ccc(F)cc2F)c2cccc([N+](=O)[O-])c2C)cc1. The topological polar surface area (TPSA) is 55.6 Å². The Morgan fingerprint density at radius 3 is 2.42 bits per heavy atom. The van der Waals surface area contributed by atoms with Gasteiger partial charge in [0.2, 0.25) is 0 Å². The molecule has 0 aliphatic carbocycles. The zero-order valence-electron chi connectivity index (χ0n) is 17.5. The minimum absolute atomic E-state index is 0.00890. The fourth-order valence-corrected chi connectivity index (χ4v) is 3.37. The van der Waals surface area contributed by atoms with Gasteiger partial charge in [-0.2, -0.15) is 0 Å². The highest BCUT2D eigenvalue weighted by Crippen LogP contribution is 2.31. The Labute approximate surface area is 180 Å². The first-order valence-electron chi connectivity index (χ1n) is 10.0. The Morgan fingerprint density at radius 1 is 1.03 bits per heavy atom. The molecule has 0 amide bonds. The van der Waals surface area contributed by atoms with Gasteiger partial charge in [0.25, 0.3) is 5.69 Å². The van der Waals surface area contributed by atoms with E-state index in [4.69, 9.17) is 4.74 Å². The van der Waals surface area contributed by atoms with Crippen molar-refractivity contribution in [2.24, 2.45) is 0 Å². The van der Waals surface area contributed by atoms with Crippen LogP contribution in [0.3, 0.4) is 0 Å². The van der Waals surface area contributed by atoms with Gasteiger partial charge < -0.3 is 9.64 Å². The smallest absolute Gasteiger partial charge is 0.274 e. The van der Waals surface area contributed by atoms with Crippen LogP contribution in [0.15, 0.2) is 60.7 Å². The van der Waals surface area contributed by atoms with Gasteiger partial charge in [0.1, 0.15) is 17.4 Å². The van der Waals surface area contributed by atoms with Gasteiger partial charge in [0.15, 0.2) is 0 Å². The molecule has 0 aliphatic heterocycles. The third-order valence-corrected chi connectivity index (χ3v) is 4.96. The molecule has 162 valence electrons. The van der Waals surface area contributed by atoms with Gasteiger partial charge in [-0.15, -0.1) is 0 Å². The Bertz CT molecular complexity index is 1060. The molecule has 3 aromatic rings. The summed E-state index contributed by atoms with van der Waals surface area (Å²) in [7, 11) is 0. The van der Waals surface area contributed by atoms with E-state index in [0.29, 0.717) is 30.0 Å². The Kier molecular flexibility index (Phi) is 7.18. The van der Waals surface area contributed by atoms with Crippen LogP contribution in [-0.2, 0) is 13.1 Å². The monoisotopic (exact) mass is 426 g/mol. The average molecular weight is 426 g/mol. The van der Waals surface area contributed by atoms with Crippen molar-refractivity contribution < 1.29 is 18.4 Å². The van der Waals surface area contributed by atoms with Crippen molar-refractivity contribution in [2.45, 2.75) is 33.4 Å². The lowest BCUT2D eigenvalue weighted by Crippen LogP contribution is -2.24. The molecule has 0 spiro atoms. The molecule has 0 N–H and O–H groups in total. The fraction of sp³-hybridized carbons (Fsp3) is 0.250. The number of hydrogen-bond donors (Lipinski definition) is 0. The number of rotatable bonds is 9. The van der Waals surface area contributed by atoms with Gasteiger partial charge in [-0.25, -0.2) is 8.78 Å². The number of nitro groups is 1. The molecule has 0 atom stereocenters. The van der Waals surface area contributed by atoms with E-state index in [9.17, 15) is 18.9 Å². The maximum atomic E-state index is 14.4. The van der Waals surface area contributed by atoms with E-state index in [-0.39, 0.29) is 12.2 Å². The van der Waals surface area contributed by atoms with E-state index >= 15 is 0 Å². The van der Waals surface area contributed by atoms with Gasteiger partial charge in [-0.05, 0) is 43.2 Å². The standard InChI is InChI=1S/C24H24F2N2O3/c1-3-13-31-21-11-7-18(8-12-21)15-27(16-19-9-10-20(25)14-22(19)26)23-5-4-6-24(17(23)2)28(29)30/h4-12,14H,3,13,15-16H2,1-2H3. The Hall–Kier alpha value is -3.48. The van der Waals surface area contributed by atoms with Crippen molar-refractivity contribution >= 4 is 11.4 Å². The Morgan fingerprint density at radius 2 is 1.77 bits per heavy atom. The predicted octanol–water partition coefficient (Wildman–Crippen LogP) is 6.18. The molecular formula is C24H24F2N2O3. The van der Waals surface area contributed by atoms with E-state index in [1.165, 1.54) is 18.2 Å². The number of ether oxygens (including phenoxy) is 1. The molecule has 0 saturated carbocycles. The van der Waals surface area contributed by atoms with Crippen LogP contribution < -0.4 is 9.64 Å². The molecule has 0 heterocycles. The molecule has 0 unspecified atom stereocenters. The zero-order chi connectivity index (χ0) is 22.4. The van der Waals surface area contributed by atoms with E-state index in [1.54, 1.807) is 19.1 Å². The number of anilines is 1. The summed E-state index contributed by atoms with van der Waals surface area (Å²) in [5.74, 6) is -0.549. The van der Waals surface area contributed by atoms with Gasteiger partial charge in [0, 0.05) is 36.5 Å². The van der Waals surface area contributed by atoms with Crippen LogP contribution in [0.4, 0.5) is 20.2 Å². The molecule has 0 aromatic heterocycles. The van der Waals surface area contributed by atoms with Crippen LogP contribution in [-0.4, -0.2) is 11.5 Å². The van der Waals surface area contributed by atoms with Crippen molar-refractivity contribution in [1.29, 1.82) is 0 Å². The number of hydrogen-bond acceptors (Lipinski definition) is 4. The van der Waals surface area contributed by atoms with E-state index < -0.39 is 16.6 Å². The summed E-state index contributed by atoms with van der Waals surface area (Å²) in [5.41, 5.74) is 2.32. The second-order valence-electron chi connectivity index (χ2n) is 7.26. The summed E-state index contributed by atoms with van der Waals surface area (Å²) in [6.45, 7) is 4.84. The molecule has 0 bridgehead atoms. The molecule has 0 saturated heterocycles. The van der Waals surface area contributed by atoms with Crippen molar-refractivity contribution in [3.8, 4) is 5.75 Å². The third kappa shape index (κ3) is 5.57. The van der Waals surface area contributed by atoms with Crippen LogP contribution in [0.25, 0.3) is 0 Å². The van der Waals surface area contributed by atoms with E-state index in [0.717, 1.165) is 23.8 Å². The average Bonchev–Trinajstić information content (AvgIpc) is 2.74. The number of benzene rings is 3. The molecular weight excluding hydrogens is 402 g/mol.